The first-order valence-corrected chi connectivity index (χ1v) is 6.93. The smallest absolute Gasteiger partial charge is 0.242 e. The van der Waals surface area contributed by atoms with E-state index >= 15 is 0 Å². The van der Waals surface area contributed by atoms with Crippen molar-refractivity contribution in [3.63, 3.8) is 0 Å². The molecule has 2 unspecified atom stereocenters. The number of nitrogens with two attached hydrogens (primary N) is 1. The minimum absolute atomic E-state index is 0.124. The van der Waals surface area contributed by atoms with Crippen LogP contribution < -0.4 is 11.1 Å². The van der Waals surface area contributed by atoms with Gasteiger partial charge in [-0.05, 0) is 19.4 Å². The summed E-state index contributed by atoms with van der Waals surface area (Å²) in [6, 6.07) is 8.57. The molecule has 0 fully saturated rings. The Balaban J connectivity index is 2.01. The van der Waals surface area contributed by atoms with Gasteiger partial charge in [-0.1, -0.05) is 30.3 Å². The van der Waals surface area contributed by atoms with E-state index in [1.54, 1.807) is 17.5 Å². The largest absolute Gasteiger partial charge is 0.345 e. The van der Waals surface area contributed by atoms with Gasteiger partial charge in [-0.25, -0.2) is 4.98 Å². The van der Waals surface area contributed by atoms with Crippen LogP contribution in [0.5, 0.6) is 0 Å². The van der Waals surface area contributed by atoms with Gasteiger partial charge in [-0.15, -0.1) is 11.3 Å². The summed E-state index contributed by atoms with van der Waals surface area (Å²) >= 11 is 1.58. The van der Waals surface area contributed by atoms with E-state index in [-0.39, 0.29) is 11.9 Å². The molecule has 0 aliphatic heterocycles. The van der Waals surface area contributed by atoms with Gasteiger partial charge in [0.1, 0.15) is 11.0 Å². The number of thiazole rings is 1. The Hall–Kier alpha value is -1.72. The molecule has 2 rings (SSSR count). The number of amides is 1. The van der Waals surface area contributed by atoms with Crippen LogP contribution in [0.3, 0.4) is 0 Å². The van der Waals surface area contributed by atoms with Crippen LogP contribution in [-0.4, -0.2) is 10.9 Å². The molecule has 0 aliphatic rings. The van der Waals surface area contributed by atoms with E-state index in [0.717, 1.165) is 15.4 Å². The first-order chi connectivity index (χ1) is 9.08. The van der Waals surface area contributed by atoms with Crippen LogP contribution in [0.15, 0.2) is 36.5 Å². The predicted molar refractivity (Wildman–Crippen MR) is 76.8 cm³/mol. The Morgan fingerprint density at radius 2 is 2.05 bits per heavy atom. The molecular formula is C14H17N3OS. The average molecular weight is 275 g/mol. The normalized spacial score (nSPS) is 13.8. The van der Waals surface area contributed by atoms with Gasteiger partial charge in [0.05, 0.1) is 6.04 Å². The molecule has 1 aromatic heterocycles. The number of nitrogens with zero attached hydrogens (tertiary/aromatic N) is 1. The van der Waals surface area contributed by atoms with Crippen molar-refractivity contribution in [3.05, 3.63) is 52.0 Å². The Morgan fingerprint density at radius 3 is 2.63 bits per heavy atom. The molecular weight excluding hydrogens is 258 g/mol. The first-order valence-electron chi connectivity index (χ1n) is 6.11. The molecule has 100 valence electrons. The lowest BCUT2D eigenvalue weighted by Gasteiger charge is -2.16. The fraction of sp³-hybridized carbons (Fsp3) is 0.286. The van der Waals surface area contributed by atoms with Crippen molar-refractivity contribution >= 4 is 17.2 Å². The van der Waals surface area contributed by atoms with Crippen molar-refractivity contribution in [2.24, 2.45) is 5.73 Å². The Kier molecular flexibility index (Phi) is 4.29. The van der Waals surface area contributed by atoms with Gasteiger partial charge in [0.25, 0.3) is 0 Å². The number of aromatic nitrogens is 1. The van der Waals surface area contributed by atoms with Crippen molar-refractivity contribution < 1.29 is 4.79 Å². The third-order valence-corrected chi connectivity index (χ3v) is 3.90. The second-order valence-corrected chi connectivity index (χ2v) is 5.69. The molecule has 0 radical (unpaired) electrons. The zero-order chi connectivity index (χ0) is 13.8. The summed E-state index contributed by atoms with van der Waals surface area (Å²) in [6.45, 7) is 3.90. The monoisotopic (exact) mass is 275 g/mol. The highest BCUT2D eigenvalue weighted by Crippen LogP contribution is 2.20. The van der Waals surface area contributed by atoms with Crippen molar-refractivity contribution in [1.29, 1.82) is 0 Å². The SMILES string of the molecule is Cc1cnc(C(C)NC(=O)C(N)c2ccccc2)s1. The number of hydrogen-bond donors (Lipinski definition) is 2. The summed E-state index contributed by atoms with van der Waals surface area (Å²) in [4.78, 5) is 17.5. The summed E-state index contributed by atoms with van der Waals surface area (Å²) in [5.41, 5.74) is 6.75. The highest BCUT2D eigenvalue weighted by atomic mass is 32.1. The van der Waals surface area contributed by atoms with E-state index in [1.807, 2.05) is 44.2 Å². The quantitative estimate of drug-likeness (QED) is 0.900. The van der Waals surface area contributed by atoms with Crippen molar-refractivity contribution in [3.8, 4) is 0 Å². The maximum atomic E-state index is 12.1. The number of nitrogens with one attached hydrogen (secondary N) is 1. The molecule has 0 spiro atoms. The number of rotatable bonds is 4. The first kappa shape index (κ1) is 13.7. The summed E-state index contributed by atoms with van der Waals surface area (Å²) in [7, 11) is 0. The molecule has 19 heavy (non-hydrogen) atoms. The number of carbonyl (C=O) groups is 1. The van der Waals surface area contributed by atoms with Crippen molar-refractivity contribution in [2.75, 3.05) is 0 Å². The predicted octanol–water partition coefficient (Wildman–Crippen LogP) is 2.33. The molecule has 4 nitrogen and oxygen atoms in total. The van der Waals surface area contributed by atoms with Gasteiger partial charge in [0.2, 0.25) is 5.91 Å². The lowest BCUT2D eigenvalue weighted by atomic mass is 10.1. The zero-order valence-electron chi connectivity index (χ0n) is 11.0. The minimum atomic E-state index is -0.648. The standard InChI is InChI=1S/C14H17N3OS/c1-9-8-16-14(19-9)10(2)17-13(18)12(15)11-6-4-3-5-7-11/h3-8,10,12H,15H2,1-2H3,(H,17,18). The number of aryl methyl sites for hydroxylation is 1. The van der Waals surface area contributed by atoms with E-state index in [1.165, 1.54) is 0 Å². The number of carbonyl (C=O) groups excluding carboxylic acids is 1. The molecule has 2 aromatic rings. The van der Waals surface area contributed by atoms with Gasteiger partial charge in [0.15, 0.2) is 0 Å². The Morgan fingerprint density at radius 1 is 1.37 bits per heavy atom. The van der Waals surface area contributed by atoms with Crippen LogP contribution in [0.4, 0.5) is 0 Å². The van der Waals surface area contributed by atoms with Crippen LogP contribution >= 0.6 is 11.3 Å². The van der Waals surface area contributed by atoms with Gasteiger partial charge >= 0.3 is 0 Å². The van der Waals surface area contributed by atoms with E-state index in [9.17, 15) is 4.79 Å². The van der Waals surface area contributed by atoms with E-state index in [2.05, 4.69) is 10.3 Å². The lowest BCUT2D eigenvalue weighted by Crippen LogP contribution is -2.35. The maximum absolute atomic E-state index is 12.1. The zero-order valence-corrected chi connectivity index (χ0v) is 11.8. The summed E-state index contributed by atoms with van der Waals surface area (Å²) < 4.78 is 0. The second kappa shape index (κ2) is 5.95. The molecule has 0 bridgehead atoms. The Bertz CT molecular complexity index is 553. The molecule has 3 N–H and O–H groups in total. The van der Waals surface area contributed by atoms with E-state index < -0.39 is 6.04 Å². The molecule has 1 amide bonds. The summed E-state index contributed by atoms with van der Waals surface area (Å²) in [5.74, 6) is -0.188. The molecule has 5 heteroatoms. The van der Waals surface area contributed by atoms with Crippen molar-refractivity contribution in [1.82, 2.24) is 10.3 Å². The highest BCUT2D eigenvalue weighted by molar-refractivity contribution is 7.11. The van der Waals surface area contributed by atoms with Gasteiger partial charge in [-0.2, -0.15) is 0 Å². The van der Waals surface area contributed by atoms with Crippen LogP contribution in [0.25, 0.3) is 0 Å². The minimum Gasteiger partial charge on any atom is -0.345 e. The van der Waals surface area contributed by atoms with Gasteiger partial charge < -0.3 is 11.1 Å². The van der Waals surface area contributed by atoms with Gasteiger partial charge in [0, 0.05) is 11.1 Å². The van der Waals surface area contributed by atoms with Crippen LogP contribution in [0, 0.1) is 6.92 Å². The molecule has 1 aromatic carbocycles. The molecule has 2 atom stereocenters. The molecule has 0 saturated carbocycles. The summed E-state index contributed by atoms with van der Waals surface area (Å²) in [5, 5.41) is 3.79. The number of hydrogen-bond acceptors (Lipinski definition) is 4. The second-order valence-electron chi connectivity index (χ2n) is 4.43. The van der Waals surface area contributed by atoms with Gasteiger partial charge in [-0.3, -0.25) is 4.79 Å². The molecule has 0 saturated heterocycles. The third kappa shape index (κ3) is 3.39. The van der Waals surface area contributed by atoms with Crippen LogP contribution in [0.2, 0.25) is 0 Å². The fourth-order valence-corrected chi connectivity index (χ4v) is 2.53. The molecule has 0 aliphatic carbocycles. The lowest BCUT2D eigenvalue weighted by molar-refractivity contribution is -0.123. The number of benzene rings is 1. The topological polar surface area (TPSA) is 68.0 Å². The van der Waals surface area contributed by atoms with E-state index in [4.69, 9.17) is 5.73 Å². The highest BCUT2D eigenvalue weighted by Gasteiger charge is 2.19. The van der Waals surface area contributed by atoms with Crippen molar-refractivity contribution in [2.45, 2.75) is 25.9 Å². The van der Waals surface area contributed by atoms with Crippen LogP contribution in [-0.2, 0) is 4.79 Å². The Labute approximate surface area is 116 Å². The average Bonchev–Trinajstić information content (AvgIpc) is 2.85. The van der Waals surface area contributed by atoms with E-state index in [0.29, 0.717) is 0 Å². The fourth-order valence-electron chi connectivity index (χ4n) is 1.75. The maximum Gasteiger partial charge on any atom is 0.242 e. The molecule has 1 heterocycles. The van der Waals surface area contributed by atoms with Crippen LogP contribution in [0.1, 0.15) is 34.5 Å². The third-order valence-electron chi connectivity index (χ3n) is 2.81. The summed E-state index contributed by atoms with van der Waals surface area (Å²) in [6.07, 6.45) is 1.81.